The Morgan fingerprint density at radius 2 is 0.881 bits per heavy atom. The normalized spacial score (nSPS) is 13.3. The highest BCUT2D eigenvalue weighted by molar-refractivity contribution is 6.09. The van der Waals surface area contributed by atoms with Gasteiger partial charge in [0.15, 0.2) is 5.82 Å². The molecule has 5 nitrogen and oxygen atoms in total. The Morgan fingerprint density at radius 3 is 1.58 bits per heavy atom. The Morgan fingerprint density at radius 1 is 0.390 bits per heavy atom. The summed E-state index contributed by atoms with van der Waals surface area (Å²) in [6.07, 6.45) is 0. The van der Waals surface area contributed by atoms with E-state index < -0.39 is 5.41 Å². The first-order chi connectivity index (χ1) is 29.2. The minimum absolute atomic E-state index is 0.00534. The van der Waals surface area contributed by atoms with Crippen LogP contribution in [0.2, 0.25) is 0 Å². The lowest BCUT2D eigenvalue weighted by Gasteiger charge is -2.49. The van der Waals surface area contributed by atoms with Crippen LogP contribution in [0.1, 0.15) is 22.3 Å². The molecule has 0 N–H and O–H groups in total. The number of aromatic nitrogens is 3. The van der Waals surface area contributed by atoms with Gasteiger partial charge in [-0.3, -0.25) is 9.36 Å². The van der Waals surface area contributed by atoms with Gasteiger partial charge >= 0.3 is 0 Å². The third-order valence-corrected chi connectivity index (χ3v) is 12.2. The van der Waals surface area contributed by atoms with E-state index in [0.29, 0.717) is 11.2 Å². The summed E-state index contributed by atoms with van der Waals surface area (Å²) in [5.74, 6) is 0.681. The molecule has 2 aliphatic rings. The Labute approximate surface area is 340 Å². The van der Waals surface area contributed by atoms with Gasteiger partial charge in [-0.05, 0) is 70.1 Å². The molecule has 5 heteroatoms. The smallest absolute Gasteiger partial charge is 0.263 e. The number of nitrogens with zero attached hydrogens (tertiary/aromatic N) is 4. The predicted molar refractivity (Wildman–Crippen MR) is 239 cm³/mol. The second kappa shape index (κ2) is 12.8. The molecule has 0 fully saturated rings. The van der Waals surface area contributed by atoms with Crippen molar-refractivity contribution in [3.05, 3.63) is 239 Å². The van der Waals surface area contributed by atoms with Crippen molar-refractivity contribution in [3.63, 3.8) is 0 Å². The maximum atomic E-state index is 14.6. The van der Waals surface area contributed by atoms with Crippen LogP contribution in [0.15, 0.2) is 211 Å². The first-order valence-electron chi connectivity index (χ1n) is 20.0. The fourth-order valence-corrected chi connectivity index (χ4v) is 9.77. The molecule has 0 saturated carbocycles. The van der Waals surface area contributed by atoms with Crippen LogP contribution in [0.4, 0.5) is 17.1 Å². The molecular formula is C54H34N4O. The highest BCUT2D eigenvalue weighted by Gasteiger charge is 2.50. The molecule has 0 bridgehead atoms. The predicted octanol–water partition coefficient (Wildman–Crippen LogP) is 12.4. The average molecular weight is 755 g/mol. The van der Waals surface area contributed by atoms with Gasteiger partial charge in [0, 0.05) is 33.2 Å². The molecule has 0 atom stereocenters. The lowest BCUT2D eigenvalue weighted by atomic mass is 9.60. The van der Waals surface area contributed by atoms with Crippen LogP contribution in [0.5, 0.6) is 0 Å². The van der Waals surface area contributed by atoms with Gasteiger partial charge in [-0.1, -0.05) is 164 Å². The maximum absolute atomic E-state index is 14.6. The number of rotatable bonds is 4. The molecule has 59 heavy (non-hydrogen) atoms. The van der Waals surface area contributed by atoms with Crippen molar-refractivity contribution >= 4 is 38.7 Å². The standard InChI is InChI=1S/C54H34N4O/c59-53-41-24-8-7-23-39(41)40-25-16-29-45-51(40)58(53)50-32-14-11-28-44(50)54(45)42-26-9-12-30-48(42)57(49-31-13-10-27-43(49)54)38-22-15-21-37(33-38)47-34-46(35-17-3-1-4-18-35)55-52(56-47)36-19-5-2-6-20-36/h1-34H. The fourth-order valence-electron chi connectivity index (χ4n) is 9.77. The van der Waals surface area contributed by atoms with Crippen molar-refractivity contribution < 1.29 is 0 Å². The van der Waals surface area contributed by atoms with E-state index in [1.54, 1.807) is 0 Å². The summed E-state index contributed by atoms with van der Waals surface area (Å²) in [7, 11) is 0. The SMILES string of the molecule is O=c1c2ccccc2c2cccc3c2n1-c1ccccc1C31c2ccccc2N(c2cccc(-c3cc(-c4ccccc4)nc(-c4ccccc4)n3)c2)c2ccccc21. The quantitative estimate of drug-likeness (QED) is 0.168. The number of hydrogen-bond donors (Lipinski definition) is 0. The maximum Gasteiger partial charge on any atom is 0.263 e. The molecule has 12 rings (SSSR count). The van der Waals surface area contributed by atoms with Crippen LogP contribution in [-0.2, 0) is 5.41 Å². The van der Waals surface area contributed by atoms with Crippen LogP contribution >= 0.6 is 0 Å². The van der Waals surface area contributed by atoms with E-state index >= 15 is 0 Å². The first-order valence-corrected chi connectivity index (χ1v) is 20.0. The van der Waals surface area contributed by atoms with Gasteiger partial charge < -0.3 is 4.90 Å². The van der Waals surface area contributed by atoms with E-state index in [0.717, 1.165) is 89.4 Å². The van der Waals surface area contributed by atoms with Crippen LogP contribution in [0.3, 0.4) is 0 Å². The Bertz CT molecular complexity index is 3270. The van der Waals surface area contributed by atoms with E-state index in [2.05, 4.69) is 150 Å². The molecule has 0 saturated heterocycles. The Hall–Kier alpha value is -7.89. The second-order valence-corrected chi connectivity index (χ2v) is 15.3. The first kappa shape index (κ1) is 33.3. The molecule has 0 aliphatic carbocycles. The second-order valence-electron chi connectivity index (χ2n) is 15.3. The van der Waals surface area contributed by atoms with Gasteiger partial charge in [0.05, 0.1) is 39.4 Å². The summed E-state index contributed by atoms with van der Waals surface area (Å²) in [6.45, 7) is 0. The molecule has 276 valence electrons. The van der Waals surface area contributed by atoms with Crippen molar-refractivity contribution in [2.24, 2.45) is 0 Å². The van der Waals surface area contributed by atoms with Crippen molar-refractivity contribution in [1.82, 2.24) is 14.5 Å². The summed E-state index contributed by atoms with van der Waals surface area (Å²) in [5.41, 5.74) is 13.4. The molecule has 1 spiro atoms. The lowest BCUT2D eigenvalue weighted by molar-refractivity contribution is 0.709. The molecule has 4 heterocycles. The highest BCUT2D eigenvalue weighted by Crippen LogP contribution is 2.61. The summed E-state index contributed by atoms with van der Waals surface area (Å²) >= 11 is 0. The molecule has 2 aromatic heterocycles. The van der Waals surface area contributed by atoms with Crippen LogP contribution in [0, 0.1) is 0 Å². The van der Waals surface area contributed by atoms with Crippen LogP contribution in [-0.4, -0.2) is 14.5 Å². The topological polar surface area (TPSA) is 51.0 Å². The summed E-state index contributed by atoms with van der Waals surface area (Å²) < 4.78 is 1.96. The zero-order valence-electron chi connectivity index (χ0n) is 31.8. The van der Waals surface area contributed by atoms with E-state index in [4.69, 9.17) is 9.97 Å². The summed E-state index contributed by atoms with van der Waals surface area (Å²) in [5, 5.41) is 2.74. The van der Waals surface area contributed by atoms with Crippen LogP contribution in [0.25, 0.3) is 61.3 Å². The van der Waals surface area contributed by atoms with Crippen molar-refractivity contribution in [2.45, 2.75) is 5.41 Å². The number of benzene rings is 8. The summed E-state index contributed by atoms with van der Waals surface area (Å²) in [6, 6.07) is 71.8. The average Bonchev–Trinajstić information content (AvgIpc) is 3.31. The van der Waals surface area contributed by atoms with Crippen LogP contribution < -0.4 is 10.5 Å². The zero-order valence-corrected chi connectivity index (χ0v) is 31.8. The number of anilines is 3. The monoisotopic (exact) mass is 754 g/mol. The minimum Gasteiger partial charge on any atom is -0.310 e. The minimum atomic E-state index is -0.728. The third-order valence-electron chi connectivity index (χ3n) is 12.2. The lowest BCUT2D eigenvalue weighted by Crippen LogP contribution is -2.42. The number of para-hydroxylation sites is 4. The largest absolute Gasteiger partial charge is 0.310 e. The fraction of sp³-hybridized carbons (Fsp3) is 0.0185. The summed E-state index contributed by atoms with van der Waals surface area (Å²) in [4.78, 5) is 27.2. The number of hydrogen-bond acceptors (Lipinski definition) is 4. The van der Waals surface area contributed by atoms with Gasteiger partial charge in [0.1, 0.15) is 0 Å². The van der Waals surface area contributed by atoms with Gasteiger partial charge in [-0.2, -0.15) is 0 Å². The zero-order chi connectivity index (χ0) is 39.1. The molecular weight excluding hydrogens is 721 g/mol. The third kappa shape index (κ3) is 4.76. The molecule has 10 aromatic rings. The Kier molecular flexibility index (Phi) is 7.23. The van der Waals surface area contributed by atoms with Gasteiger partial charge in [0.25, 0.3) is 5.56 Å². The van der Waals surface area contributed by atoms with Crippen molar-refractivity contribution in [1.29, 1.82) is 0 Å². The van der Waals surface area contributed by atoms with Gasteiger partial charge in [0.2, 0.25) is 0 Å². The van der Waals surface area contributed by atoms with E-state index in [1.807, 2.05) is 65.2 Å². The number of pyridine rings is 1. The highest BCUT2D eigenvalue weighted by atomic mass is 16.1. The van der Waals surface area contributed by atoms with Crippen molar-refractivity contribution in [2.75, 3.05) is 4.90 Å². The van der Waals surface area contributed by atoms with E-state index in [1.165, 1.54) is 0 Å². The molecule has 0 amide bonds. The molecule has 0 radical (unpaired) electrons. The molecule has 2 aliphatic heterocycles. The molecule has 8 aromatic carbocycles. The van der Waals surface area contributed by atoms with E-state index in [9.17, 15) is 4.79 Å². The van der Waals surface area contributed by atoms with Crippen molar-refractivity contribution in [3.8, 4) is 39.6 Å². The van der Waals surface area contributed by atoms with Gasteiger partial charge in [-0.15, -0.1) is 0 Å². The van der Waals surface area contributed by atoms with E-state index in [-0.39, 0.29) is 5.56 Å². The Balaban J connectivity index is 1.11. The number of fused-ring (bicyclic) bond motifs is 10. The van der Waals surface area contributed by atoms with Gasteiger partial charge in [-0.25, -0.2) is 9.97 Å². The molecule has 0 unspecified atom stereocenters.